The number of benzene rings is 1. The average molecular weight is 190 g/mol. The number of aliphatic hydroxyl groups excluding tert-OH is 1. The molecule has 0 amide bonds. The predicted molar refractivity (Wildman–Crippen MR) is 54.3 cm³/mol. The SMILES string of the molecule is CC1(CO)CC(=O)c2ccccc2C1. The zero-order chi connectivity index (χ0) is 10.2. The zero-order valence-electron chi connectivity index (χ0n) is 8.29. The van der Waals surface area contributed by atoms with Crippen molar-refractivity contribution >= 4 is 5.78 Å². The Hall–Kier alpha value is -1.15. The molecular weight excluding hydrogens is 176 g/mol. The van der Waals surface area contributed by atoms with Crippen LogP contribution in [0.2, 0.25) is 0 Å². The van der Waals surface area contributed by atoms with Crippen LogP contribution in [0, 0.1) is 5.41 Å². The van der Waals surface area contributed by atoms with Gasteiger partial charge in [-0.1, -0.05) is 31.2 Å². The van der Waals surface area contributed by atoms with Crippen molar-refractivity contribution in [2.75, 3.05) is 6.61 Å². The van der Waals surface area contributed by atoms with Crippen molar-refractivity contribution < 1.29 is 9.90 Å². The summed E-state index contributed by atoms with van der Waals surface area (Å²) in [6.07, 6.45) is 1.26. The summed E-state index contributed by atoms with van der Waals surface area (Å²) in [6.45, 7) is 2.04. The summed E-state index contributed by atoms with van der Waals surface area (Å²) < 4.78 is 0. The van der Waals surface area contributed by atoms with Gasteiger partial charge in [0.25, 0.3) is 0 Å². The van der Waals surface area contributed by atoms with E-state index in [0.717, 1.165) is 17.5 Å². The standard InChI is InChI=1S/C12H14O2/c1-12(8-13)6-9-4-2-3-5-10(9)11(14)7-12/h2-5,13H,6-8H2,1H3. The van der Waals surface area contributed by atoms with E-state index in [9.17, 15) is 9.90 Å². The van der Waals surface area contributed by atoms with Gasteiger partial charge in [-0.05, 0) is 12.0 Å². The van der Waals surface area contributed by atoms with E-state index in [1.165, 1.54) is 0 Å². The second-order valence-corrected chi connectivity index (χ2v) is 4.40. The molecule has 0 saturated heterocycles. The maximum absolute atomic E-state index is 11.7. The number of ketones is 1. The van der Waals surface area contributed by atoms with Crippen molar-refractivity contribution in [3.63, 3.8) is 0 Å². The lowest BCUT2D eigenvalue weighted by molar-refractivity contribution is 0.0787. The molecule has 2 rings (SSSR count). The molecule has 1 aromatic rings. The fourth-order valence-electron chi connectivity index (χ4n) is 2.06. The fourth-order valence-corrected chi connectivity index (χ4v) is 2.06. The third-order valence-electron chi connectivity index (χ3n) is 2.90. The Balaban J connectivity index is 2.43. The van der Waals surface area contributed by atoms with Gasteiger partial charge in [0.2, 0.25) is 0 Å². The number of rotatable bonds is 1. The van der Waals surface area contributed by atoms with Crippen LogP contribution >= 0.6 is 0 Å². The molecule has 0 heterocycles. The number of fused-ring (bicyclic) bond motifs is 1. The van der Waals surface area contributed by atoms with Crippen molar-refractivity contribution in [1.29, 1.82) is 0 Å². The van der Waals surface area contributed by atoms with Gasteiger partial charge >= 0.3 is 0 Å². The third-order valence-corrected chi connectivity index (χ3v) is 2.90. The minimum atomic E-state index is -0.258. The van der Waals surface area contributed by atoms with E-state index < -0.39 is 0 Å². The molecule has 74 valence electrons. The Bertz CT molecular complexity index is 370. The normalized spacial score (nSPS) is 26.0. The highest BCUT2D eigenvalue weighted by Crippen LogP contribution is 2.34. The van der Waals surface area contributed by atoms with Gasteiger partial charge in [-0.2, -0.15) is 0 Å². The van der Waals surface area contributed by atoms with E-state index in [-0.39, 0.29) is 17.8 Å². The molecule has 0 aliphatic heterocycles. The van der Waals surface area contributed by atoms with E-state index in [1.54, 1.807) is 0 Å². The average Bonchev–Trinajstić information content (AvgIpc) is 2.18. The van der Waals surface area contributed by atoms with Gasteiger partial charge < -0.3 is 5.11 Å². The third kappa shape index (κ3) is 1.46. The molecule has 14 heavy (non-hydrogen) atoms. The van der Waals surface area contributed by atoms with Crippen LogP contribution in [-0.4, -0.2) is 17.5 Å². The lowest BCUT2D eigenvalue weighted by Crippen LogP contribution is -2.32. The van der Waals surface area contributed by atoms with E-state index in [1.807, 2.05) is 31.2 Å². The van der Waals surface area contributed by atoms with Gasteiger partial charge in [-0.3, -0.25) is 4.79 Å². The lowest BCUT2D eigenvalue weighted by atomic mass is 9.73. The highest BCUT2D eigenvalue weighted by molar-refractivity contribution is 5.99. The van der Waals surface area contributed by atoms with E-state index in [4.69, 9.17) is 0 Å². The molecule has 0 spiro atoms. The maximum atomic E-state index is 11.7. The first-order valence-corrected chi connectivity index (χ1v) is 4.87. The maximum Gasteiger partial charge on any atom is 0.163 e. The lowest BCUT2D eigenvalue weighted by Gasteiger charge is -2.31. The molecule has 1 aliphatic rings. The van der Waals surface area contributed by atoms with Crippen LogP contribution in [0.4, 0.5) is 0 Å². The van der Waals surface area contributed by atoms with Gasteiger partial charge in [-0.15, -0.1) is 0 Å². The van der Waals surface area contributed by atoms with Crippen LogP contribution in [0.25, 0.3) is 0 Å². The Labute approximate surface area is 83.6 Å². The Kier molecular flexibility index (Phi) is 2.16. The Morgan fingerprint density at radius 2 is 2.07 bits per heavy atom. The van der Waals surface area contributed by atoms with Crippen molar-refractivity contribution in [1.82, 2.24) is 0 Å². The van der Waals surface area contributed by atoms with Crippen LogP contribution in [0.1, 0.15) is 29.3 Å². The molecular formula is C12H14O2. The summed E-state index contributed by atoms with van der Waals surface area (Å²) in [7, 11) is 0. The number of aliphatic hydroxyl groups is 1. The fraction of sp³-hybridized carbons (Fsp3) is 0.417. The van der Waals surface area contributed by atoms with E-state index >= 15 is 0 Å². The molecule has 0 aromatic heterocycles. The van der Waals surface area contributed by atoms with Crippen LogP contribution in [-0.2, 0) is 6.42 Å². The molecule has 0 radical (unpaired) electrons. The van der Waals surface area contributed by atoms with Gasteiger partial charge in [0.1, 0.15) is 0 Å². The van der Waals surface area contributed by atoms with Crippen molar-refractivity contribution in [2.45, 2.75) is 19.8 Å². The topological polar surface area (TPSA) is 37.3 Å². The van der Waals surface area contributed by atoms with Crippen LogP contribution in [0.3, 0.4) is 0 Å². The summed E-state index contributed by atoms with van der Waals surface area (Å²) in [5.41, 5.74) is 1.64. The molecule has 0 fully saturated rings. The minimum absolute atomic E-state index is 0.0765. The molecule has 0 bridgehead atoms. The summed E-state index contributed by atoms with van der Waals surface area (Å²) >= 11 is 0. The molecule has 1 unspecified atom stereocenters. The molecule has 1 aromatic carbocycles. The second-order valence-electron chi connectivity index (χ2n) is 4.40. The summed E-state index contributed by atoms with van der Waals surface area (Å²) in [5, 5.41) is 9.24. The Morgan fingerprint density at radius 3 is 2.79 bits per heavy atom. The largest absolute Gasteiger partial charge is 0.396 e. The molecule has 1 atom stereocenters. The summed E-state index contributed by atoms with van der Waals surface area (Å²) in [4.78, 5) is 11.7. The van der Waals surface area contributed by atoms with E-state index in [0.29, 0.717) is 6.42 Å². The first-order chi connectivity index (χ1) is 6.64. The van der Waals surface area contributed by atoms with E-state index in [2.05, 4.69) is 0 Å². The van der Waals surface area contributed by atoms with Gasteiger partial charge in [0.15, 0.2) is 5.78 Å². The highest BCUT2D eigenvalue weighted by atomic mass is 16.3. The molecule has 0 saturated carbocycles. The van der Waals surface area contributed by atoms with Crippen LogP contribution < -0.4 is 0 Å². The summed E-state index contributed by atoms with van der Waals surface area (Å²) in [5.74, 6) is 0.156. The monoisotopic (exact) mass is 190 g/mol. The number of hydrogen-bond donors (Lipinski definition) is 1. The van der Waals surface area contributed by atoms with Crippen LogP contribution in [0.5, 0.6) is 0 Å². The van der Waals surface area contributed by atoms with Gasteiger partial charge in [0.05, 0.1) is 0 Å². The van der Waals surface area contributed by atoms with Crippen LogP contribution in [0.15, 0.2) is 24.3 Å². The van der Waals surface area contributed by atoms with Gasteiger partial charge in [-0.25, -0.2) is 0 Å². The second kappa shape index (κ2) is 3.21. The number of carbonyl (C=O) groups excluding carboxylic acids is 1. The molecule has 1 aliphatic carbocycles. The number of hydrogen-bond acceptors (Lipinski definition) is 2. The minimum Gasteiger partial charge on any atom is -0.396 e. The molecule has 1 N–H and O–H groups in total. The molecule has 2 nitrogen and oxygen atoms in total. The number of carbonyl (C=O) groups is 1. The first kappa shape index (κ1) is 9.41. The van der Waals surface area contributed by atoms with Crippen molar-refractivity contribution in [3.05, 3.63) is 35.4 Å². The quantitative estimate of drug-likeness (QED) is 0.733. The van der Waals surface area contributed by atoms with Gasteiger partial charge in [0, 0.05) is 24.0 Å². The predicted octanol–water partition coefficient (Wildman–Crippen LogP) is 1.81. The zero-order valence-corrected chi connectivity index (χ0v) is 8.29. The highest BCUT2D eigenvalue weighted by Gasteiger charge is 2.33. The van der Waals surface area contributed by atoms with Crippen molar-refractivity contribution in [3.8, 4) is 0 Å². The first-order valence-electron chi connectivity index (χ1n) is 4.87. The summed E-state index contributed by atoms with van der Waals surface area (Å²) in [6, 6.07) is 7.67. The Morgan fingerprint density at radius 1 is 1.36 bits per heavy atom. The number of Topliss-reactive ketones (excluding diaryl/α,β-unsaturated/α-hetero) is 1. The van der Waals surface area contributed by atoms with Crippen molar-refractivity contribution in [2.24, 2.45) is 5.41 Å². The molecule has 2 heteroatoms. The smallest absolute Gasteiger partial charge is 0.163 e.